The van der Waals surface area contributed by atoms with Gasteiger partial charge in [0.25, 0.3) is 0 Å². The lowest BCUT2D eigenvalue weighted by Gasteiger charge is -2.26. The van der Waals surface area contributed by atoms with Crippen molar-refractivity contribution in [3.63, 3.8) is 0 Å². The summed E-state index contributed by atoms with van der Waals surface area (Å²) in [7, 11) is 0. The van der Waals surface area contributed by atoms with E-state index >= 15 is 0 Å². The van der Waals surface area contributed by atoms with Crippen molar-refractivity contribution < 1.29 is 4.79 Å². The van der Waals surface area contributed by atoms with E-state index in [0.29, 0.717) is 17.6 Å². The first-order valence-electron chi connectivity index (χ1n) is 5.41. The second-order valence-corrected chi connectivity index (χ2v) is 4.99. The van der Waals surface area contributed by atoms with Crippen LogP contribution in [0.2, 0.25) is 0 Å². The summed E-state index contributed by atoms with van der Waals surface area (Å²) in [5, 5.41) is 0. The summed E-state index contributed by atoms with van der Waals surface area (Å²) >= 11 is 1.97. The van der Waals surface area contributed by atoms with E-state index in [1.807, 2.05) is 11.8 Å². The molecule has 1 heterocycles. The standard InChI is InChI=1S/C11H20OS/c1-3-5-9-7-13-8-10(6-4-2)11(9)12/h9-10H,3-8H2,1-2H3. The third-order valence-corrected chi connectivity index (χ3v) is 3.99. The molecule has 0 aromatic heterocycles. The van der Waals surface area contributed by atoms with Crippen LogP contribution in [0.4, 0.5) is 0 Å². The van der Waals surface area contributed by atoms with E-state index in [-0.39, 0.29) is 0 Å². The van der Waals surface area contributed by atoms with Gasteiger partial charge in [0.1, 0.15) is 5.78 Å². The number of carbonyl (C=O) groups excluding carboxylic acids is 1. The molecular formula is C11H20OS. The van der Waals surface area contributed by atoms with Crippen molar-refractivity contribution in [1.29, 1.82) is 0 Å². The van der Waals surface area contributed by atoms with Crippen LogP contribution < -0.4 is 0 Å². The van der Waals surface area contributed by atoms with Crippen molar-refractivity contribution in [3.8, 4) is 0 Å². The molecule has 0 radical (unpaired) electrons. The molecule has 0 N–H and O–H groups in total. The normalized spacial score (nSPS) is 29.2. The molecule has 2 heteroatoms. The van der Waals surface area contributed by atoms with Crippen LogP contribution in [0.1, 0.15) is 39.5 Å². The Hall–Kier alpha value is 0.0200. The van der Waals surface area contributed by atoms with Crippen LogP contribution >= 0.6 is 11.8 Å². The second kappa shape index (κ2) is 5.69. The highest BCUT2D eigenvalue weighted by Crippen LogP contribution is 2.29. The minimum Gasteiger partial charge on any atom is -0.299 e. The number of thioether (sulfide) groups is 1. The van der Waals surface area contributed by atoms with Gasteiger partial charge in [-0.15, -0.1) is 0 Å². The molecule has 1 rings (SSSR count). The van der Waals surface area contributed by atoms with Gasteiger partial charge in [-0.25, -0.2) is 0 Å². The molecule has 0 spiro atoms. The summed E-state index contributed by atoms with van der Waals surface area (Å²) in [4.78, 5) is 11.9. The van der Waals surface area contributed by atoms with E-state index in [9.17, 15) is 4.79 Å². The van der Waals surface area contributed by atoms with E-state index in [2.05, 4.69) is 13.8 Å². The number of carbonyl (C=O) groups is 1. The number of hydrogen-bond donors (Lipinski definition) is 0. The molecule has 76 valence electrons. The molecule has 0 aromatic carbocycles. The molecule has 2 unspecified atom stereocenters. The third kappa shape index (κ3) is 3.01. The molecule has 0 amide bonds. The average Bonchev–Trinajstić information content (AvgIpc) is 2.13. The molecule has 1 nitrogen and oxygen atoms in total. The highest BCUT2D eigenvalue weighted by molar-refractivity contribution is 7.99. The van der Waals surface area contributed by atoms with Crippen LogP contribution in [-0.4, -0.2) is 17.3 Å². The van der Waals surface area contributed by atoms with Crippen molar-refractivity contribution >= 4 is 17.5 Å². The Bertz CT molecular complexity index is 147. The fourth-order valence-electron chi connectivity index (χ4n) is 2.00. The van der Waals surface area contributed by atoms with Crippen LogP contribution in [-0.2, 0) is 4.79 Å². The van der Waals surface area contributed by atoms with E-state index < -0.39 is 0 Å². The fourth-order valence-corrected chi connectivity index (χ4v) is 3.37. The van der Waals surface area contributed by atoms with Gasteiger partial charge in [0, 0.05) is 23.3 Å². The van der Waals surface area contributed by atoms with Gasteiger partial charge in [-0.2, -0.15) is 11.8 Å². The minimum atomic E-state index is 0.375. The van der Waals surface area contributed by atoms with Gasteiger partial charge < -0.3 is 0 Å². The maximum Gasteiger partial charge on any atom is 0.140 e. The summed E-state index contributed by atoms with van der Waals surface area (Å²) in [6.07, 6.45) is 4.50. The molecule has 2 atom stereocenters. The van der Waals surface area contributed by atoms with E-state index in [1.165, 1.54) is 0 Å². The highest BCUT2D eigenvalue weighted by atomic mass is 32.2. The lowest BCUT2D eigenvalue weighted by atomic mass is 9.89. The molecule has 1 fully saturated rings. The molecule has 0 saturated carbocycles. The van der Waals surface area contributed by atoms with Crippen molar-refractivity contribution in [2.24, 2.45) is 11.8 Å². The van der Waals surface area contributed by atoms with Crippen molar-refractivity contribution in [3.05, 3.63) is 0 Å². The minimum absolute atomic E-state index is 0.375. The lowest BCUT2D eigenvalue weighted by molar-refractivity contribution is -0.126. The maximum absolute atomic E-state index is 11.9. The van der Waals surface area contributed by atoms with Gasteiger partial charge in [0.15, 0.2) is 0 Å². The Morgan fingerprint density at radius 2 is 1.62 bits per heavy atom. The van der Waals surface area contributed by atoms with Crippen LogP contribution in [0.3, 0.4) is 0 Å². The number of hydrogen-bond acceptors (Lipinski definition) is 2. The summed E-state index contributed by atoms with van der Waals surface area (Å²) in [5.41, 5.74) is 0. The molecule has 13 heavy (non-hydrogen) atoms. The predicted octanol–water partition coefficient (Wildman–Crippen LogP) is 3.13. The summed E-state index contributed by atoms with van der Waals surface area (Å²) in [5.74, 6) is 3.46. The molecular weight excluding hydrogens is 180 g/mol. The van der Waals surface area contributed by atoms with Crippen LogP contribution in [0.25, 0.3) is 0 Å². The third-order valence-electron chi connectivity index (χ3n) is 2.72. The molecule has 0 aliphatic carbocycles. The molecule has 1 saturated heterocycles. The number of ketones is 1. The number of rotatable bonds is 4. The maximum atomic E-state index is 11.9. The smallest absolute Gasteiger partial charge is 0.140 e. The van der Waals surface area contributed by atoms with E-state index in [0.717, 1.165) is 37.2 Å². The van der Waals surface area contributed by atoms with Crippen molar-refractivity contribution in [2.75, 3.05) is 11.5 Å². The Morgan fingerprint density at radius 3 is 2.00 bits per heavy atom. The summed E-state index contributed by atoms with van der Waals surface area (Å²) < 4.78 is 0. The van der Waals surface area contributed by atoms with E-state index in [4.69, 9.17) is 0 Å². The zero-order valence-electron chi connectivity index (χ0n) is 8.71. The van der Waals surface area contributed by atoms with Crippen LogP contribution in [0.5, 0.6) is 0 Å². The lowest BCUT2D eigenvalue weighted by Crippen LogP contribution is -2.31. The van der Waals surface area contributed by atoms with Crippen molar-refractivity contribution in [2.45, 2.75) is 39.5 Å². The second-order valence-electron chi connectivity index (χ2n) is 3.91. The first-order valence-corrected chi connectivity index (χ1v) is 6.56. The monoisotopic (exact) mass is 200 g/mol. The number of Topliss-reactive ketones (excluding diaryl/α,β-unsaturated/α-hetero) is 1. The largest absolute Gasteiger partial charge is 0.299 e. The van der Waals surface area contributed by atoms with Gasteiger partial charge in [0.2, 0.25) is 0 Å². The van der Waals surface area contributed by atoms with Crippen LogP contribution in [0, 0.1) is 11.8 Å². The Morgan fingerprint density at radius 1 is 1.15 bits per heavy atom. The zero-order chi connectivity index (χ0) is 9.68. The SMILES string of the molecule is CCCC1CSCC(CCC)C1=O. The molecule has 0 aromatic rings. The summed E-state index contributed by atoms with van der Waals surface area (Å²) in [6.45, 7) is 4.34. The quantitative estimate of drug-likeness (QED) is 0.693. The topological polar surface area (TPSA) is 17.1 Å². The molecule has 0 bridgehead atoms. The Kier molecular flexibility index (Phi) is 4.86. The first-order chi connectivity index (χ1) is 6.29. The van der Waals surface area contributed by atoms with Gasteiger partial charge in [-0.3, -0.25) is 4.79 Å². The predicted molar refractivity (Wildman–Crippen MR) is 59.1 cm³/mol. The Labute approximate surface area is 85.7 Å². The fraction of sp³-hybridized carbons (Fsp3) is 0.909. The first kappa shape index (κ1) is 11.1. The highest BCUT2D eigenvalue weighted by Gasteiger charge is 2.29. The average molecular weight is 200 g/mol. The van der Waals surface area contributed by atoms with Gasteiger partial charge in [-0.1, -0.05) is 26.7 Å². The molecule has 1 aliphatic rings. The van der Waals surface area contributed by atoms with Gasteiger partial charge in [-0.05, 0) is 12.8 Å². The van der Waals surface area contributed by atoms with Gasteiger partial charge >= 0.3 is 0 Å². The van der Waals surface area contributed by atoms with Crippen LogP contribution in [0.15, 0.2) is 0 Å². The molecule has 1 aliphatic heterocycles. The summed E-state index contributed by atoms with van der Waals surface area (Å²) in [6, 6.07) is 0. The Balaban J connectivity index is 2.45. The van der Waals surface area contributed by atoms with E-state index in [1.54, 1.807) is 0 Å². The zero-order valence-corrected chi connectivity index (χ0v) is 9.53. The van der Waals surface area contributed by atoms with Gasteiger partial charge in [0.05, 0.1) is 0 Å². The van der Waals surface area contributed by atoms with Crippen molar-refractivity contribution in [1.82, 2.24) is 0 Å².